The molecule has 0 aromatic carbocycles. The van der Waals surface area contributed by atoms with E-state index in [0.717, 1.165) is 18.6 Å². The van der Waals surface area contributed by atoms with E-state index in [9.17, 15) is 0 Å². The van der Waals surface area contributed by atoms with Crippen LogP contribution in [0.1, 0.15) is 33.6 Å². The lowest BCUT2D eigenvalue weighted by Gasteiger charge is -2.14. The predicted molar refractivity (Wildman–Crippen MR) is 44.1 cm³/mol. The molecule has 1 rings (SSSR count). The molecule has 1 aliphatic heterocycles. The highest BCUT2D eigenvalue weighted by molar-refractivity contribution is 5.05. The van der Waals surface area contributed by atoms with Gasteiger partial charge in [-0.3, -0.25) is 0 Å². The normalized spacial score (nSPS) is 28.6. The van der Waals surface area contributed by atoms with E-state index in [4.69, 9.17) is 9.47 Å². The zero-order chi connectivity index (χ0) is 8.48. The number of rotatable bonds is 2. The summed E-state index contributed by atoms with van der Waals surface area (Å²) in [6.07, 6.45) is 1.96. The molecular formula is C9H16O2. The summed E-state index contributed by atoms with van der Waals surface area (Å²) in [7, 11) is 0. The molecule has 0 amide bonds. The van der Waals surface area contributed by atoms with Crippen LogP contribution in [0.5, 0.6) is 0 Å². The van der Waals surface area contributed by atoms with Gasteiger partial charge in [0.2, 0.25) is 6.29 Å². The van der Waals surface area contributed by atoms with Crippen LogP contribution in [-0.2, 0) is 9.47 Å². The van der Waals surface area contributed by atoms with E-state index >= 15 is 0 Å². The molecule has 11 heavy (non-hydrogen) atoms. The third-order valence-electron chi connectivity index (χ3n) is 1.90. The molecule has 0 aromatic rings. The van der Waals surface area contributed by atoms with Gasteiger partial charge in [0.05, 0.1) is 0 Å². The van der Waals surface area contributed by atoms with Gasteiger partial charge in [0.25, 0.3) is 0 Å². The van der Waals surface area contributed by atoms with Gasteiger partial charge in [0.15, 0.2) is 0 Å². The van der Waals surface area contributed by atoms with E-state index in [0.29, 0.717) is 0 Å². The molecular weight excluding hydrogens is 140 g/mol. The molecule has 2 heteroatoms. The Morgan fingerprint density at radius 2 is 2.18 bits per heavy atom. The van der Waals surface area contributed by atoms with Gasteiger partial charge >= 0.3 is 0 Å². The monoisotopic (exact) mass is 156 g/mol. The van der Waals surface area contributed by atoms with Crippen molar-refractivity contribution < 1.29 is 9.47 Å². The average molecular weight is 156 g/mol. The lowest BCUT2D eigenvalue weighted by molar-refractivity contribution is -0.0810. The molecule has 0 aliphatic carbocycles. The third-order valence-corrected chi connectivity index (χ3v) is 1.90. The van der Waals surface area contributed by atoms with Crippen molar-refractivity contribution >= 4 is 0 Å². The van der Waals surface area contributed by atoms with Crippen molar-refractivity contribution in [3.63, 3.8) is 0 Å². The highest BCUT2D eigenvalue weighted by atomic mass is 16.7. The van der Waals surface area contributed by atoms with Gasteiger partial charge in [-0.15, -0.1) is 0 Å². The first kappa shape index (κ1) is 8.60. The quantitative estimate of drug-likeness (QED) is 0.611. The smallest absolute Gasteiger partial charge is 0.200 e. The fraction of sp³-hybridized carbons (Fsp3) is 0.778. The summed E-state index contributed by atoms with van der Waals surface area (Å²) >= 11 is 0. The summed E-state index contributed by atoms with van der Waals surface area (Å²) in [4.78, 5) is 0. The van der Waals surface area contributed by atoms with Crippen molar-refractivity contribution in [3.8, 4) is 0 Å². The average Bonchev–Trinajstić information content (AvgIpc) is 2.08. The molecule has 1 aliphatic rings. The fourth-order valence-corrected chi connectivity index (χ4v) is 1.07. The van der Waals surface area contributed by atoms with Crippen molar-refractivity contribution in [2.75, 3.05) is 0 Å². The highest BCUT2D eigenvalue weighted by Gasteiger charge is 2.36. The first-order valence-electron chi connectivity index (χ1n) is 4.10. The van der Waals surface area contributed by atoms with Gasteiger partial charge in [0, 0.05) is 6.42 Å². The van der Waals surface area contributed by atoms with Crippen molar-refractivity contribution in [1.29, 1.82) is 0 Å². The van der Waals surface area contributed by atoms with Gasteiger partial charge in [-0.2, -0.15) is 0 Å². The lowest BCUT2D eigenvalue weighted by atomic mass is 10.1. The van der Waals surface area contributed by atoms with Crippen LogP contribution in [0.25, 0.3) is 0 Å². The van der Waals surface area contributed by atoms with E-state index in [-0.39, 0.29) is 11.9 Å². The zero-order valence-corrected chi connectivity index (χ0v) is 7.52. The Morgan fingerprint density at radius 1 is 1.55 bits per heavy atom. The molecule has 1 atom stereocenters. The summed E-state index contributed by atoms with van der Waals surface area (Å²) in [6.45, 7) is 9.86. The molecule has 1 fully saturated rings. The fourth-order valence-electron chi connectivity index (χ4n) is 1.07. The molecule has 0 aromatic heterocycles. The molecule has 0 bridgehead atoms. The van der Waals surface area contributed by atoms with Crippen LogP contribution in [0.3, 0.4) is 0 Å². The first-order chi connectivity index (χ1) is 5.06. The molecule has 0 saturated carbocycles. The topological polar surface area (TPSA) is 18.5 Å². The standard InChI is InChI=1S/C9H16O2/c1-5-6-8-10-7(2)9(3,4)11-8/h8H,2,5-6H2,1,3-4H3. The van der Waals surface area contributed by atoms with Crippen molar-refractivity contribution in [2.24, 2.45) is 0 Å². The maximum absolute atomic E-state index is 5.58. The Hall–Kier alpha value is -0.500. The van der Waals surface area contributed by atoms with Gasteiger partial charge in [0.1, 0.15) is 11.4 Å². The summed E-state index contributed by atoms with van der Waals surface area (Å²) in [6, 6.07) is 0. The van der Waals surface area contributed by atoms with Crippen LogP contribution in [0, 0.1) is 0 Å². The maximum atomic E-state index is 5.58. The number of hydrogen-bond donors (Lipinski definition) is 0. The molecule has 0 spiro atoms. The largest absolute Gasteiger partial charge is 0.467 e. The summed E-state index contributed by atoms with van der Waals surface area (Å²) in [5.41, 5.74) is -0.292. The molecule has 1 heterocycles. The SMILES string of the molecule is C=C1OC(CCC)OC1(C)C. The van der Waals surface area contributed by atoms with Gasteiger partial charge < -0.3 is 9.47 Å². The zero-order valence-electron chi connectivity index (χ0n) is 7.52. The summed E-state index contributed by atoms with van der Waals surface area (Å²) in [5.74, 6) is 0.746. The molecule has 0 N–H and O–H groups in total. The Bertz CT molecular complexity index is 161. The Balaban J connectivity index is 2.50. The Labute approximate surface area is 68.2 Å². The molecule has 1 saturated heterocycles. The minimum absolute atomic E-state index is 0.0671. The van der Waals surface area contributed by atoms with Crippen LogP contribution in [0.4, 0.5) is 0 Å². The number of hydrogen-bond acceptors (Lipinski definition) is 2. The predicted octanol–water partition coefficient (Wildman–Crippen LogP) is 2.45. The minimum Gasteiger partial charge on any atom is -0.467 e. The second-order valence-electron chi connectivity index (χ2n) is 3.39. The van der Waals surface area contributed by atoms with Crippen LogP contribution in [0.15, 0.2) is 12.3 Å². The van der Waals surface area contributed by atoms with E-state index in [2.05, 4.69) is 13.5 Å². The molecule has 2 nitrogen and oxygen atoms in total. The summed E-state index contributed by atoms with van der Waals surface area (Å²) < 4.78 is 11.0. The second kappa shape index (κ2) is 2.86. The van der Waals surface area contributed by atoms with E-state index in [1.165, 1.54) is 0 Å². The van der Waals surface area contributed by atoms with E-state index in [1.807, 2.05) is 13.8 Å². The molecule has 0 radical (unpaired) electrons. The maximum Gasteiger partial charge on any atom is 0.200 e. The minimum atomic E-state index is -0.292. The van der Waals surface area contributed by atoms with Crippen molar-refractivity contribution in [1.82, 2.24) is 0 Å². The highest BCUT2D eigenvalue weighted by Crippen LogP contribution is 2.32. The van der Waals surface area contributed by atoms with Gasteiger partial charge in [-0.05, 0) is 13.8 Å². The molecule has 1 unspecified atom stereocenters. The lowest BCUT2D eigenvalue weighted by Crippen LogP contribution is -2.21. The Morgan fingerprint density at radius 3 is 2.55 bits per heavy atom. The van der Waals surface area contributed by atoms with E-state index in [1.54, 1.807) is 0 Å². The van der Waals surface area contributed by atoms with Gasteiger partial charge in [-0.1, -0.05) is 19.9 Å². The first-order valence-corrected chi connectivity index (χ1v) is 4.10. The van der Waals surface area contributed by atoms with Crippen molar-refractivity contribution in [2.45, 2.75) is 45.5 Å². The van der Waals surface area contributed by atoms with Crippen LogP contribution in [0.2, 0.25) is 0 Å². The van der Waals surface area contributed by atoms with Crippen LogP contribution < -0.4 is 0 Å². The number of ether oxygens (including phenoxy) is 2. The van der Waals surface area contributed by atoms with E-state index < -0.39 is 0 Å². The molecule has 64 valence electrons. The van der Waals surface area contributed by atoms with Crippen LogP contribution >= 0.6 is 0 Å². The second-order valence-corrected chi connectivity index (χ2v) is 3.39. The van der Waals surface area contributed by atoms with Gasteiger partial charge in [-0.25, -0.2) is 0 Å². The van der Waals surface area contributed by atoms with Crippen molar-refractivity contribution in [3.05, 3.63) is 12.3 Å². The summed E-state index contributed by atoms with van der Waals surface area (Å²) in [5, 5.41) is 0. The third kappa shape index (κ3) is 1.74. The van der Waals surface area contributed by atoms with Crippen LogP contribution in [-0.4, -0.2) is 11.9 Å². The Kier molecular flexibility index (Phi) is 2.23.